The average molecular weight is 358 g/mol. The summed E-state index contributed by atoms with van der Waals surface area (Å²) in [6, 6.07) is 13.7. The number of benzene rings is 2. The molecule has 3 rings (SSSR count). The van der Waals surface area contributed by atoms with Crippen molar-refractivity contribution in [3.63, 3.8) is 0 Å². The molecule has 0 aromatic heterocycles. The largest absolute Gasteiger partial charge is 0.325 e. The van der Waals surface area contributed by atoms with Crippen LogP contribution in [-0.4, -0.2) is 23.4 Å². The van der Waals surface area contributed by atoms with Crippen molar-refractivity contribution < 1.29 is 9.18 Å². The van der Waals surface area contributed by atoms with E-state index in [2.05, 4.69) is 5.32 Å². The van der Waals surface area contributed by atoms with Crippen LogP contribution in [0.2, 0.25) is 5.02 Å². The Morgan fingerprint density at radius 1 is 1.32 bits per heavy atom. The number of nitrogens with zero attached hydrogens (tertiary/aromatic N) is 2. The lowest BCUT2D eigenvalue weighted by molar-refractivity contribution is -0.117. The predicted octanol–water partition coefficient (Wildman–Crippen LogP) is 3.95. The van der Waals surface area contributed by atoms with E-state index in [1.54, 1.807) is 36.4 Å². The molecular weight excluding hydrogens is 341 g/mol. The summed E-state index contributed by atoms with van der Waals surface area (Å²) in [5.41, 5.74) is 1.48. The average Bonchev–Trinajstić information content (AvgIpc) is 3.41. The normalized spacial score (nSPS) is 13.5. The van der Waals surface area contributed by atoms with Crippen LogP contribution < -0.4 is 5.32 Å². The lowest BCUT2D eigenvalue weighted by atomic mass is 10.2. The molecule has 25 heavy (non-hydrogen) atoms. The number of amides is 1. The highest BCUT2D eigenvalue weighted by Crippen LogP contribution is 2.28. The second-order valence-electron chi connectivity index (χ2n) is 6.08. The molecule has 1 amide bonds. The second-order valence-corrected chi connectivity index (χ2v) is 6.49. The molecule has 0 radical (unpaired) electrons. The summed E-state index contributed by atoms with van der Waals surface area (Å²) in [5, 5.41) is 12.0. The van der Waals surface area contributed by atoms with Crippen molar-refractivity contribution in [2.45, 2.75) is 25.4 Å². The molecule has 2 aromatic carbocycles. The summed E-state index contributed by atoms with van der Waals surface area (Å²) in [7, 11) is 0. The highest BCUT2D eigenvalue weighted by Gasteiger charge is 2.30. The van der Waals surface area contributed by atoms with E-state index in [1.165, 1.54) is 6.07 Å². The molecule has 4 nitrogen and oxygen atoms in total. The van der Waals surface area contributed by atoms with Gasteiger partial charge in [-0.25, -0.2) is 4.39 Å². The maximum Gasteiger partial charge on any atom is 0.238 e. The summed E-state index contributed by atoms with van der Waals surface area (Å²) in [6.07, 6.45) is 2.04. The number of nitriles is 1. The first-order chi connectivity index (χ1) is 12.1. The van der Waals surface area contributed by atoms with Crippen molar-refractivity contribution in [3.05, 3.63) is 64.4 Å². The third-order valence-corrected chi connectivity index (χ3v) is 4.43. The summed E-state index contributed by atoms with van der Waals surface area (Å²) in [5.74, 6) is -0.448. The van der Waals surface area contributed by atoms with Crippen molar-refractivity contribution in [1.29, 1.82) is 5.26 Å². The van der Waals surface area contributed by atoms with Gasteiger partial charge in [0.15, 0.2) is 0 Å². The smallest absolute Gasteiger partial charge is 0.238 e. The molecule has 0 heterocycles. The minimum absolute atomic E-state index is 0.177. The SMILES string of the molecule is N#Cc1ccc(NC(=O)CN(Cc2ccccc2F)C2CC2)cc1Cl. The Morgan fingerprint density at radius 2 is 2.08 bits per heavy atom. The van der Waals surface area contributed by atoms with Crippen LogP contribution in [-0.2, 0) is 11.3 Å². The van der Waals surface area contributed by atoms with Crippen molar-refractivity contribution in [3.8, 4) is 6.07 Å². The number of anilines is 1. The molecule has 0 aliphatic heterocycles. The minimum atomic E-state index is -0.257. The number of hydrogen-bond acceptors (Lipinski definition) is 3. The fourth-order valence-electron chi connectivity index (χ4n) is 2.67. The van der Waals surface area contributed by atoms with E-state index >= 15 is 0 Å². The Labute approximate surface area is 150 Å². The third-order valence-electron chi connectivity index (χ3n) is 4.11. The Hall–Kier alpha value is -2.42. The van der Waals surface area contributed by atoms with Gasteiger partial charge >= 0.3 is 0 Å². The van der Waals surface area contributed by atoms with Crippen LogP contribution in [0.15, 0.2) is 42.5 Å². The van der Waals surface area contributed by atoms with E-state index in [0.29, 0.717) is 34.4 Å². The second kappa shape index (κ2) is 7.64. The quantitative estimate of drug-likeness (QED) is 0.851. The maximum atomic E-state index is 13.9. The first kappa shape index (κ1) is 17.4. The van der Waals surface area contributed by atoms with Gasteiger partial charge in [0.05, 0.1) is 17.1 Å². The number of nitrogens with one attached hydrogen (secondary N) is 1. The monoisotopic (exact) mass is 357 g/mol. The van der Waals surface area contributed by atoms with Gasteiger partial charge in [-0.2, -0.15) is 5.26 Å². The summed E-state index contributed by atoms with van der Waals surface area (Å²) < 4.78 is 13.9. The van der Waals surface area contributed by atoms with Crippen molar-refractivity contribution >= 4 is 23.2 Å². The fraction of sp³-hybridized carbons (Fsp3) is 0.263. The molecule has 1 aliphatic rings. The standard InChI is InChI=1S/C19H17ClFN3O/c20-17-9-15(6-5-13(17)10-22)23-19(25)12-24(16-7-8-16)11-14-3-1-2-4-18(14)21/h1-6,9,16H,7-8,11-12H2,(H,23,25). The van der Waals surface area contributed by atoms with Gasteiger partial charge in [0.2, 0.25) is 5.91 Å². The summed E-state index contributed by atoms with van der Waals surface area (Å²) in [6.45, 7) is 0.579. The molecule has 128 valence electrons. The van der Waals surface area contributed by atoms with Gasteiger partial charge in [-0.3, -0.25) is 9.69 Å². The molecule has 1 aliphatic carbocycles. The molecular formula is C19H17ClFN3O. The molecule has 0 saturated heterocycles. The molecule has 1 N–H and O–H groups in total. The first-order valence-corrected chi connectivity index (χ1v) is 8.41. The van der Waals surface area contributed by atoms with Crippen molar-refractivity contribution in [2.24, 2.45) is 0 Å². The highest BCUT2D eigenvalue weighted by atomic mass is 35.5. The molecule has 0 bridgehead atoms. The number of rotatable bonds is 6. The molecule has 0 atom stereocenters. The number of carbonyl (C=O) groups is 1. The Balaban J connectivity index is 1.64. The molecule has 6 heteroatoms. The molecule has 2 aromatic rings. The van der Waals surface area contributed by atoms with E-state index < -0.39 is 0 Å². The Bertz CT molecular complexity index is 830. The van der Waals surface area contributed by atoms with Gasteiger partial charge in [-0.05, 0) is 37.1 Å². The number of hydrogen-bond donors (Lipinski definition) is 1. The van der Waals surface area contributed by atoms with Crippen LogP contribution >= 0.6 is 11.6 Å². The van der Waals surface area contributed by atoms with Crippen LogP contribution in [0.3, 0.4) is 0 Å². The first-order valence-electron chi connectivity index (χ1n) is 8.04. The zero-order valence-electron chi connectivity index (χ0n) is 13.5. The number of carbonyl (C=O) groups excluding carboxylic acids is 1. The predicted molar refractivity (Wildman–Crippen MR) is 94.6 cm³/mol. The highest BCUT2D eigenvalue weighted by molar-refractivity contribution is 6.32. The third kappa shape index (κ3) is 4.56. The van der Waals surface area contributed by atoms with E-state index in [1.807, 2.05) is 11.0 Å². The van der Waals surface area contributed by atoms with Crippen LogP contribution in [0.25, 0.3) is 0 Å². The van der Waals surface area contributed by atoms with Crippen LogP contribution in [0.1, 0.15) is 24.0 Å². The van der Waals surface area contributed by atoms with Gasteiger partial charge < -0.3 is 5.32 Å². The molecule has 1 saturated carbocycles. The van der Waals surface area contributed by atoms with Crippen molar-refractivity contribution in [1.82, 2.24) is 4.90 Å². The lowest BCUT2D eigenvalue weighted by Gasteiger charge is -2.21. The molecule has 1 fully saturated rings. The van der Waals surface area contributed by atoms with Crippen LogP contribution in [0, 0.1) is 17.1 Å². The van der Waals surface area contributed by atoms with Gasteiger partial charge in [-0.1, -0.05) is 29.8 Å². The van der Waals surface area contributed by atoms with E-state index in [-0.39, 0.29) is 18.3 Å². The summed E-state index contributed by atoms with van der Waals surface area (Å²) >= 11 is 5.98. The fourth-order valence-corrected chi connectivity index (χ4v) is 2.89. The zero-order chi connectivity index (χ0) is 17.8. The van der Waals surface area contributed by atoms with Crippen LogP contribution in [0.5, 0.6) is 0 Å². The van der Waals surface area contributed by atoms with E-state index in [9.17, 15) is 9.18 Å². The Morgan fingerprint density at radius 3 is 2.72 bits per heavy atom. The zero-order valence-corrected chi connectivity index (χ0v) is 14.3. The van der Waals surface area contributed by atoms with Gasteiger partial charge in [0, 0.05) is 23.8 Å². The number of halogens is 2. The van der Waals surface area contributed by atoms with Gasteiger partial charge in [-0.15, -0.1) is 0 Å². The maximum absolute atomic E-state index is 13.9. The van der Waals surface area contributed by atoms with Crippen molar-refractivity contribution in [2.75, 3.05) is 11.9 Å². The molecule has 0 unspecified atom stereocenters. The van der Waals surface area contributed by atoms with E-state index in [4.69, 9.17) is 16.9 Å². The van der Waals surface area contributed by atoms with Crippen LogP contribution in [0.4, 0.5) is 10.1 Å². The van der Waals surface area contributed by atoms with E-state index in [0.717, 1.165) is 12.8 Å². The van der Waals surface area contributed by atoms with Gasteiger partial charge in [0.25, 0.3) is 0 Å². The lowest BCUT2D eigenvalue weighted by Crippen LogP contribution is -2.34. The molecule has 0 spiro atoms. The topological polar surface area (TPSA) is 56.1 Å². The minimum Gasteiger partial charge on any atom is -0.325 e. The van der Waals surface area contributed by atoms with Gasteiger partial charge in [0.1, 0.15) is 11.9 Å². The Kier molecular flexibility index (Phi) is 5.32. The summed E-state index contributed by atoms with van der Waals surface area (Å²) in [4.78, 5) is 14.3.